The predicted molar refractivity (Wildman–Crippen MR) is 81.1 cm³/mol. The number of fused-ring (bicyclic) bond motifs is 1. The number of carbonyl (C=O) groups excluding carboxylic acids is 2. The van der Waals surface area contributed by atoms with Crippen molar-refractivity contribution in [3.8, 4) is 5.75 Å². The fourth-order valence-electron chi connectivity index (χ4n) is 2.21. The Hall–Kier alpha value is -2.83. The molecule has 7 nitrogen and oxygen atoms in total. The Balaban J connectivity index is 1.82. The van der Waals surface area contributed by atoms with E-state index in [0.29, 0.717) is 22.7 Å². The second kappa shape index (κ2) is 5.18. The van der Waals surface area contributed by atoms with Gasteiger partial charge in [-0.15, -0.1) is 0 Å². The van der Waals surface area contributed by atoms with Crippen LogP contribution in [0.15, 0.2) is 24.4 Å². The molecule has 0 spiro atoms. The Morgan fingerprint density at radius 3 is 2.91 bits per heavy atom. The van der Waals surface area contributed by atoms with Crippen molar-refractivity contribution in [2.24, 2.45) is 7.05 Å². The number of nitrogens with one attached hydrogen (secondary N) is 2. The molecule has 0 saturated heterocycles. The van der Waals surface area contributed by atoms with Crippen LogP contribution in [0, 0.1) is 6.92 Å². The largest absolute Gasteiger partial charge is 0.479 e. The number of hydrogen-bond acceptors (Lipinski definition) is 4. The number of aromatic nitrogens is 2. The van der Waals surface area contributed by atoms with Crippen molar-refractivity contribution in [3.63, 3.8) is 0 Å². The smallest absolute Gasteiger partial charge is 0.265 e. The maximum Gasteiger partial charge on any atom is 0.265 e. The summed E-state index contributed by atoms with van der Waals surface area (Å²) in [5.41, 5.74) is 2.41. The van der Waals surface area contributed by atoms with E-state index in [9.17, 15) is 9.59 Å². The molecule has 1 aliphatic heterocycles. The highest BCUT2D eigenvalue weighted by Gasteiger charge is 2.23. The fourth-order valence-corrected chi connectivity index (χ4v) is 2.21. The van der Waals surface area contributed by atoms with Gasteiger partial charge in [0.1, 0.15) is 5.75 Å². The van der Waals surface area contributed by atoms with Crippen LogP contribution in [-0.4, -0.2) is 27.7 Å². The molecule has 0 fully saturated rings. The van der Waals surface area contributed by atoms with E-state index in [0.717, 1.165) is 5.69 Å². The molecule has 2 heterocycles. The van der Waals surface area contributed by atoms with Gasteiger partial charge in [-0.2, -0.15) is 5.10 Å². The molecular formula is C15H16N4O3. The van der Waals surface area contributed by atoms with Crippen LogP contribution < -0.4 is 15.4 Å². The van der Waals surface area contributed by atoms with Crippen molar-refractivity contribution >= 4 is 23.2 Å². The van der Waals surface area contributed by atoms with Gasteiger partial charge in [-0.05, 0) is 32.0 Å². The summed E-state index contributed by atoms with van der Waals surface area (Å²) in [6.07, 6.45) is 1.00. The van der Waals surface area contributed by atoms with E-state index in [1.807, 2.05) is 6.92 Å². The lowest BCUT2D eigenvalue weighted by atomic mass is 10.2. The molecule has 0 bridgehead atoms. The first kappa shape index (κ1) is 14.1. The van der Waals surface area contributed by atoms with Gasteiger partial charge in [0.2, 0.25) is 0 Å². The number of anilines is 2. The van der Waals surface area contributed by atoms with Crippen molar-refractivity contribution in [2.75, 3.05) is 10.6 Å². The Kier molecular flexibility index (Phi) is 3.32. The van der Waals surface area contributed by atoms with Crippen molar-refractivity contribution in [1.29, 1.82) is 0 Å². The maximum atomic E-state index is 12.2. The second-order valence-corrected chi connectivity index (χ2v) is 5.18. The molecule has 1 aromatic carbocycles. The molecular weight excluding hydrogens is 284 g/mol. The Bertz CT molecular complexity index is 766. The zero-order chi connectivity index (χ0) is 15.9. The fraction of sp³-hybridized carbons (Fsp3) is 0.267. The summed E-state index contributed by atoms with van der Waals surface area (Å²) < 4.78 is 7.11. The minimum atomic E-state index is -0.522. The summed E-state index contributed by atoms with van der Waals surface area (Å²) >= 11 is 0. The molecule has 1 aromatic heterocycles. The zero-order valence-corrected chi connectivity index (χ0v) is 12.5. The van der Waals surface area contributed by atoms with Crippen LogP contribution in [0.5, 0.6) is 5.75 Å². The minimum Gasteiger partial charge on any atom is -0.479 e. The molecule has 114 valence electrons. The number of amides is 2. The van der Waals surface area contributed by atoms with E-state index in [1.165, 1.54) is 6.20 Å². The molecule has 2 N–H and O–H groups in total. The SMILES string of the molecule is Cc1c(C(=O)Nc2ccc3c(c2)NC(=O)C(C)O3)cnn1C. The van der Waals surface area contributed by atoms with E-state index >= 15 is 0 Å². The average molecular weight is 300 g/mol. The lowest BCUT2D eigenvalue weighted by Gasteiger charge is -2.23. The zero-order valence-electron chi connectivity index (χ0n) is 12.5. The van der Waals surface area contributed by atoms with Gasteiger partial charge >= 0.3 is 0 Å². The Labute approximate surface area is 127 Å². The second-order valence-electron chi connectivity index (χ2n) is 5.18. The van der Waals surface area contributed by atoms with Gasteiger partial charge in [0.25, 0.3) is 11.8 Å². The van der Waals surface area contributed by atoms with E-state index in [-0.39, 0.29) is 11.8 Å². The normalized spacial score (nSPS) is 16.5. The highest BCUT2D eigenvalue weighted by molar-refractivity contribution is 6.05. The number of nitrogens with zero attached hydrogens (tertiary/aromatic N) is 2. The van der Waals surface area contributed by atoms with Crippen LogP contribution in [0.3, 0.4) is 0 Å². The van der Waals surface area contributed by atoms with Crippen LogP contribution >= 0.6 is 0 Å². The quantitative estimate of drug-likeness (QED) is 0.884. The van der Waals surface area contributed by atoms with Crippen LogP contribution in [0.1, 0.15) is 23.0 Å². The van der Waals surface area contributed by atoms with Gasteiger partial charge < -0.3 is 15.4 Å². The van der Waals surface area contributed by atoms with E-state index in [2.05, 4.69) is 15.7 Å². The number of rotatable bonds is 2. The number of hydrogen-bond donors (Lipinski definition) is 2. The third-order valence-corrected chi connectivity index (χ3v) is 3.65. The van der Waals surface area contributed by atoms with E-state index in [4.69, 9.17) is 4.74 Å². The Morgan fingerprint density at radius 2 is 2.23 bits per heavy atom. The van der Waals surface area contributed by atoms with E-state index in [1.54, 1.807) is 36.9 Å². The summed E-state index contributed by atoms with van der Waals surface area (Å²) in [6.45, 7) is 3.50. The van der Waals surface area contributed by atoms with Crippen LogP contribution in [0.25, 0.3) is 0 Å². The predicted octanol–water partition coefficient (Wildman–Crippen LogP) is 1.70. The number of carbonyl (C=O) groups is 2. The summed E-state index contributed by atoms with van der Waals surface area (Å²) in [6, 6.07) is 5.12. The first-order valence-electron chi connectivity index (χ1n) is 6.87. The topological polar surface area (TPSA) is 85.2 Å². The van der Waals surface area contributed by atoms with Gasteiger partial charge in [-0.3, -0.25) is 14.3 Å². The monoisotopic (exact) mass is 300 g/mol. The summed E-state index contributed by atoms with van der Waals surface area (Å²) in [5.74, 6) is 0.128. The Morgan fingerprint density at radius 1 is 1.45 bits per heavy atom. The molecule has 2 aromatic rings. The molecule has 0 radical (unpaired) electrons. The standard InChI is InChI=1S/C15H16N4O3/c1-8-11(7-16-19(8)3)15(21)17-10-4-5-13-12(6-10)18-14(20)9(2)22-13/h4-7,9H,1-3H3,(H,17,21)(H,18,20). The molecule has 3 rings (SSSR count). The number of ether oxygens (including phenoxy) is 1. The van der Waals surface area contributed by atoms with Crippen LogP contribution in [0.4, 0.5) is 11.4 Å². The first-order valence-corrected chi connectivity index (χ1v) is 6.87. The third-order valence-electron chi connectivity index (χ3n) is 3.65. The van der Waals surface area contributed by atoms with Crippen molar-refractivity contribution in [1.82, 2.24) is 9.78 Å². The lowest BCUT2D eigenvalue weighted by Crippen LogP contribution is -2.34. The van der Waals surface area contributed by atoms with Crippen LogP contribution in [-0.2, 0) is 11.8 Å². The highest BCUT2D eigenvalue weighted by Crippen LogP contribution is 2.32. The van der Waals surface area contributed by atoms with Gasteiger partial charge in [0.05, 0.1) is 17.4 Å². The molecule has 7 heteroatoms. The van der Waals surface area contributed by atoms with Gasteiger partial charge in [0, 0.05) is 18.4 Å². The van der Waals surface area contributed by atoms with Crippen LogP contribution in [0.2, 0.25) is 0 Å². The summed E-state index contributed by atoms with van der Waals surface area (Å²) in [5, 5.41) is 9.58. The maximum absolute atomic E-state index is 12.2. The molecule has 0 saturated carbocycles. The first-order chi connectivity index (χ1) is 10.5. The minimum absolute atomic E-state index is 0.209. The molecule has 1 aliphatic rings. The van der Waals surface area contributed by atoms with Crippen molar-refractivity contribution < 1.29 is 14.3 Å². The summed E-state index contributed by atoms with van der Waals surface area (Å²) in [7, 11) is 1.78. The molecule has 1 unspecified atom stereocenters. The van der Waals surface area contributed by atoms with E-state index < -0.39 is 6.10 Å². The molecule has 22 heavy (non-hydrogen) atoms. The molecule has 1 atom stereocenters. The van der Waals surface area contributed by atoms with Crippen molar-refractivity contribution in [3.05, 3.63) is 35.7 Å². The number of aryl methyl sites for hydroxylation is 1. The number of benzene rings is 1. The highest BCUT2D eigenvalue weighted by atomic mass is 16.5. The molecule has 2 amide bonds. The molecule has 0 aliphatic carbocycles. The summed E-state index contributed by atoms with van der Waals surface area (Å²) in [4.78, 5) is 23.9. The average Bonchev–Trinajstić information content (AvgIpc) is 2.80. The third kappa shape index (κ3) is 2.41. The van der Waals surface area contributed by atoms with Gasteiger partial charge in [-0.1, -0.05) is 0 Å². The van der Waals surface area contributed by atoms with Crippen molar-refractivity contribution in [2.45, 2.75) is 20.0 Å². The van der Waals surface area contributed by atoms with Gasteiger partial charge in [-0.25, -0.2) is 0 Å². The van der Waals surface area contributed by atoms with Gasteiger partial charge in [0.15, 0.2) is 6.10 Å². The lowest BCUT2D eigenvalue weighted by molar-refractivity contribution is -0.122.